The first kappa shape index (κ1) is 14.7. The molecule has 6 heteroatoms. The van der Waals surface area contributed by atoms with E-state index in [0.29, 0.717) is 5.69 Å². The zero-order valence-electron chi connectivity index (χ0n) is 11.6. The van der Waals surface area contributed by atoms with Crippen molar-refractivity contribution in [2.75, 3.05) is 11.5 Å². The van der Waals surface area contributed by atoms with Crippen LogP contribution < -0.4 is 4.90 Å². The highest BCUT2D eigenvalue weighted by atomic mass is 19.4. The van der Waals surface area contributed by atoms with Gasteiger partial charge in [0, 0.05) is 5.69 Å². The third kappa shape index (κ3) is 2.23. The number of nitrogens with zero attached hydrogens (tertiary/aromatic N) is 2. The van der Waals surface area contributed by atoms with Gasteiger partial charge < -0.3 is 4.74 Å². The molecule has 1 aliphatic rings. The summed E-state index contributed by atoms with van der Waals surface area (Å²) < 4.78 is 45.2. The number of amidine groups is 1. The molecule has 0 N–H and O–H groups in total. The SMILES string of the molecule is CCOC1=NC(C)(C(F)(F)F)C(C)N1c1ccccc1. The zero-order chi connectivity index (χ0) is 15.0. The Morgan fingerprint density at radius 1 is 1.30 bits per heavy atom. The number of anilines is 1. The van der Waals surface area contributed by atoms with Gasteiger partial charge in [-0.1, -0.05) is 18.2 Å². The van der Waals surface area contributed by atoms with Gasteiger partial charge in [-0.15, -0.1) is 0 Å². The number of alkyl halides is 3. The monoisotopic (exact) mass is 286 g/mol. The Morgan fingerprint density at radius 3 is 2.40 bits per heavy atom. The lowest BCUT2D eigenvalue weighted by Gasteiger charge is -2.33. The minimum absolute atomic E-state index is 0.0195. The maximum atomic E-state index is 13.3. The molecular weight excluding hydrogens is 269 g/mol. The minimum Gasteiger partial charge on any atom is -0.465 e. The number of para-hydroxylation sites is 1. The maximum Gasteiger partial charge on any atom is 0.415 e. The van der Waals surface area contributed by atoms with E-state index < -0.39 is 17.8 Å². The normalized spacial score (nSPS) is 26.6. The van der Waals surface area contributed by atoms with Gasteiger partial charge in [-0.2, -0.15) is 13.2 Å². The van der Waals surface area contributed by atoms with E-state index in [9.17, 15) is 13.2 Å². The smallest absolute Gasteiger partial charge is 0.415 e. The fourth-order valence-corrected chi connectivity index (χ4v) is 2.22. The first-order chi connectivity index (χ1) is 9.31. The predicted octanol–water partition coefficient (Wildman–Crippen LogP) is 3.61. The molecule has 1 aromatic rings. The van der Waals surface area contributed by atoms with Crippen LogP contribution in [0.5, 0.6) is 0 Å². The van der Waals surface area contributed by atoms with Crippen molar-refractivity contribution in [3.05, 3.63) is 30.3 Å². The summed E-state index contributed by atoms with van der Waals surface area (Å²) in [7, 11) is 0. The highest BCUT2D eigenvalue weighted by Crippen LogP contribution is 2.43. The van der Waals surface area contributed by atoms with Gasteiger partial charge in [0.05, 0.1) is 12.6 Å². The van der Waals surface area contributed by atoms with Gasteiger partial charge in [0.15, 0.2) is 5.54 Å². The Hall–Kier alpha value is -1.72. The van der Waals surface area contributed by atoms with E-state index in [1.165, 1.54) is 11.8 Å². The Kier molecular flexibility index (Phi) is 3.67. The van der Waals surface area contributed by atoms with E-state index in [4.69, 9.17) is 4.74 Å². The van der Waals surface area contributed by atoms with Crippen molar-refractivity contribution in [1.29, 1.82) is 0 Å². The van der Waals surface area contributed by atoms with Crippen molar-refractivity contribution in [2.45, 2.75) is 38.5 Å². The lowest BCUT2D eigenvalue weighted by molar-refractivity contribution is -0.181. The van der Waals surface area contributed by atoms with Crippen molar-refractivity contribution >= 4 is 11.7 Å². The topological polar surface area (TPSA) is 24.8 Å². The molecule has 0 radical (unpaired) electrons. The van der Waals surface area contributed by atoms with Crippen molar-refractivity contribution in [2.24, 2.45) is 4.99 Å². The van der Waals surface area contributed by atoms with Crippen LogP contribution >= 0.6 is 0 Å². The second-order valence-electron chi connectivity index (χ2n) is 4.85. The second-order valence-corrected chi connectivity index (χ2v) is 4.85. The molecule has 20 heavy (non-hydrogen) atoms. The largest absolute Gasteiger partial charge is 0.465 e. The van der Waals surface area contributed by atoms with Crippen molar-refractivity contribution in [3.8, 4) is 0 Å². The Balaban J connectivity index is 2.46. The number of hydrogen-bond acceptors (Lipinski definition) is 3. The zero-order valence-corrected chi connectivity index (χ0v) is 11.6. The molecule has 2 atom stereocenters. The summed E-state index contributed by atoms with van der Waals surface area (Å²) in [4.78, 5) is 5.31. The van der Waals surface area contributed by atoms with Crippen LogP contribution in [-0.4, -0.2) is 30.4 Å². The van der Waals surface area contributed by atoms with E-state index >= 15 is 0 Å². The number of ether oxygens (including phenoxy) is 1. The number of rotatable bonds is 2. The average Bonchev–Trinajstić information content (AvgIpc) is 2.64. The summed E-state index contributed by atoms with van der Waals surface area (Å²) >= 11 is 0. The molecule has 0 saturated carbocycles. The van der Waals surface area contributed by atoms with E-state index in [0.717, 1.165) is 6.92 Å². The van der Waals surface area contributed by atoms with Crippen LogP contribution in [0.4, 0.5) is 18.9 Å². The lowest BCUT2D eigenvalue weighted by Crippen LogP contribution is -2.52. The summed E-state index contributed by atoms with van der Waals surface area (Å²) in [5, 5.41) is 0. The molecule has 0 amide bonds. The van der Waals surface area contributed by atoms with Crippen LogP contribution in [0.2, 0.25) is 0 Å². The summed E-state index contributed by atoms with van der Waals surface area (Å²) in [6.45, 7) is 4.60. The molecule has 0 spiro atoms. The van der Waals surface area contributed by atoms with Crippen molar-refractivity contribution in [3.63, 3.8) is 0 Å². The number of benzene rings is 1. The number of halogens is 3. The molecule has 0 saturated heterocycles. The van der Waals surface area contributed by atoms with Crippen LogP contribution in [-0.2, 0) is 4.74 Å². The van der Waals surface area contributed by atoms with E-state index in [1.54, 1.807) is 31.2 Å². The standard InChI is InChI=1S/C14H17F3N2O/c1-4-20-12-18-13(3,14(15,16)17)10(2)19(12)11-8-6-5-7-9-11/h5-10H,4H2,1-3H3. The van der Waals surface area contributed by atoms with Gasteiger partial charge in [-0.3, -0.25) is 4.90 Å². The van der Waals surface area contributed by atoms with Gasteiger partial charge in [-0.25, -0.2) is 4.99 Å². The quantitative estimate of drug-likeness (QED) is 0.829. The van der Waals surface area contributed by atoms with Crippen molar-refractivity contribution in [1.82, 2.24) is 0 Å². The molecule has 1 aliphatic heterocycles. The van der Waals surface area contributed by atoms with Crippen LogP contribution in [0.3, 0.4) is 0 Å². The molecule has 1 heterocycles. The molecule has 1 aromatic carbocycles. The van der Waals surface area contributed by atoms with Crippen molar-refractivity contribution < 1.29 is 17.9 Å². The molecule has 0 aromatic heterocycles. The van der Waals surface area contributed by atoms with Crippen LogP contribution in [0.25, 0.3) is 0 Å². The summed E-state index contributed by atoms with van der Waals surface area (Å²) in [5.41, 5.74) is -1.53. The molecule has 2 rings (SSSR count). The summed E-state index contributed by atoms with van der Waals surface area (Å²) in [5.74, 6) is 0. The predicted molar refractivity (Wildman–Crippen MR) is 71.9 cm³/mol. The maximum absolute atomic E-state index is 13.3. The highest BCUT2D eigenvalue weighted by Gasteiger charge is 2.61. The summed E-state index contributed by atoms with van der Waals surface area (Å²) in [6, 6.07) is 7.99. The first-order valence-electron chi connectivity index (χ1n) is 6.45. The van der Waals surface area contributed by atoms with Gasteiger partial charge in [-0.05, 0) is 32.9 Å². The van der Waals surface area contributed by atoms with Crippen LogP contribution in [0.1, 0.15) is 20.8 Å². The number of aliphatic imine (C=N–C) groups is 1. The minimum atomic E-state index is -4.43. The molecule has 0 bridgehead atoms. The third-order valence-electron chi connectivity index (χ3n) is 3.62. The highest BCUT2D eigenvalue weighted by molar-refractivity contribution is 5.95. The fourth-order valence-electron chi connectivity index (χ4n) is 2.22. The van der Waals surface area contributed by atoms with E-state index in [-0.39, 0.29) is 12.6 Å². The van der Waals surface area contributed by atoms with Gasteiger partial charge >= 0.3 is 6.18 Å². The molecule has 0 fully saturated rings. The molecule has 3 nitrogen and oxygen atoms in total. The Labute approximate surface area is 116 Å². The van der Waals surface area contributed by atoms with Gasteiger partial charge in [0.1, 0.15) is 0 Å². The molecule has 110 valence electrons. The average molecular weight is 286 g/mol. The van der Waals surface area contributed by atoms with E-state index in [2.05, 4.69) is 4.99 Å². The van der Waals surface area contributed by atoms with Crippen LogP contribution in [0, 0.1) is 0 Å². The second kappa shape index (κ2) is 5.00. The first-order valence-corrected chi connectivity index (χ1v) is 6.45. The number of hydrogen-bond donors (Lipinski definition) is 0. The van der Waals surface area contributed by atoms with Crippen LogP contribution in [0.15, 0.2) is 35.3 Å². The summed E-state index contributed by atoms with van der Waals surface area (Å²) in [6.07, 6.45) is -4.43. The van der Waals surface area contributed by atoms with Gasteiger partial charge in [0.25, 0.3) is 6.02 Å². The van der Waals surface area contributed by atoms with E-state index in [1.807, 2.05) is 6.07 Å². The Morgan fingerprint density at radius 2 is 1.90 bits per heavy atom. The third-order valence-corrected chi connectivity index (χ3v) is 3.62. The molecular formula is C14H17F3N2O. The fraction of sp³-hybridized carbons (Fsp3) is 0.500. The Bertz CT molecular complexity index is 501. The van der Waals surface area contributed by atoms with Gasteiger partial charge in [0.2, 0.25) is 0 Å². The molecule has 0 aliphatic carbocycles. The molecule has 2 unspecified atom stereocenters. The lowest BCUT2D eigenvalue weighted by atomic mass is 9.93.